The van der Waals surface area contributed by atoms with Crippen molar-refractivity contribution in [1.29, 1.82) is 0 Å². The molecule has 1 aromatic carbocycles. The molecule has 0 spiro atoms. The molecule has 20 heavy (non-hydrogen) atoms. The van der Waals surface area contributed by atoms with Crippen LogP contribution < -0.4 is 5.73 Å². The van der Waals surface area contributed by atoms with Crippen LogP contribution in [0, 0.1) is 0 Å². The van der Waals surface area contributed by atoms with Crippen LogP contribution in [0.1, 0.15) is 31.9 Å². The second-order valence-electron chi connectivity index (χ2n) is 6.23. The minimum absolute atomic E-state index is 0.00715. The molecule has 1 unspecified atom stereocenters. The monoisotopic (exact) mass is 276 g/mol. The van der Waals surface area contributed by atoms with Crippen molar-refractivity contribution in [1.82, 2.24) is 4.90 Å². The van der Waals surface area contributed by atoms with Crippen LogP contribution in [0.2, 0.25) is 0 Å². The van der Waals surface area contributed by atoms with E-state index in [1.807, 2.05) is 0 Å². The summed E-state index contributed by atoms with van der Waals surface area (Å²) in [6, 6.07) is 8.99. The highest BCUT2D eigenvalue weighted by atomic mass is 16.5. The van der Waals surface area contributed by atoms with Gasteiger partial charge in [0, 0.05) is 24.7 Å². The smallest absolute Gasteiger partial charge is 0.0594 e. The molecule has 3 nitrogen and oxygen atoms in total. The van der Waals surface area contributed by atoms with E-state index in [4.69, 9.17) is 10.5 Å². The van der Waals surface area contributed by atoms with Crippen LogP contribution in [-0.2, 0) is 17.6 Å². The zero-order valence-electron chi connectivity index (χ0n) is 13.1. The first kappa shape index (κ1) is 15.5. The lowest BCUT2D eigenvalue weighted by molar-refractivity contribution is -0.0186. The molecule has 1 fully saturated rings. The molecular weight excluding hydrogens is 248 g/mol. The van der Waals surface area contributed by atoms with Crippen LogP contribution in [0.25, 0.3) is 0 Å². The fraction of sp³-hybridized carbons (Fsp3) is 0.647. The number of rotatable bonds is 5. The van der Waals surface area contributed by atoms with Crippen LogP contribution in [0.5, 0.6) is 0 Å². The van der Waals surface area contributed by atoms with E-state index in [-0.39, 0.29) is 11.6 Å². The predicted molar refractivity (Wildman–Crippen MR) is 84.0 cm³/mol. The summed E-state index contributed by atoms with van der Waals surface area (Å²) in [6.45, 7) is 10.3. The largest absolute Gasteiger partial charge is 0.379 e. The van der Waals surface area contributed by atoms with E-state index >= 15 is 0 Å². The van der Waals surface area contributed by atoms with Crippen molar-refractivity contribution in [3.05, 3.63) is 35.4 Å². The molecule has 0 amide bonds. The van der Waals surface area contributed by atoms with Gasteiger partial charge in [0.05, 0.1) is 13.2 Å². The van der Waals surface area contributed by atoms with Gasteiger partial charge in [-0.05, 0) is 37.8 Å². The topological polar surface area (TPSA) is 38.5 Å². The lowest BCUT2D eigenvalue weighted by Gasteiger charge is -2.44. The van der Waals surface area contributed by atoms with Crippen molar-refractivity contribution in [2.24, 2.45) is 5.73 Å². The Morgan fingerprint density at radius 1 is 1.15 bits per heavy atom. The lowest BCUT2D eigenvalue weighted by Crippen LogP contribution is -2.59. The predicted octanol–water partition coefficient (Wildman–Crippen LogP) is 2.23. The van der Waals surface area contributed by atoms with E-state index in [2.05, 4.69) is 49.9 Å². The summed E-state index contributed by atoms with van der Waals surface area (Å²) in [4.78, 5) is 2.46. The summed E-state index contributed by atoms with van der Waals surface area (Å²) in [5.74, 6) is 0. The van der Waals surface area contributed by atoms with Crippen LogP contribution in [0.15, 0.2) is 24.3 Å². The van der Waals surface area contributed by atoms with Crippen molar-refractivity contribution in [2.75, 3.05) is 26.3 Å². The number of nitrogens with two attached hydrogens (primary N) is 1. The van der Waals surface area contributed by atoms with Gasteiger partial charge in [0.1, 0.15) is 0 Å². The van der Waals surface area contributed by atoms with Crippen molar-refractivity contribution < 1.29 is 4.74 Å². The third kappa shape index (κ3) is 3.60. The third-order valence-corrected chi connectivity index (χ3v) is 4.62. The zero-order chi connectivity index (χ0) is 14.6. The summed E-state index contributed by atoms with van der Waals surface area (Å²) in [6.07, 6.45) is 2.01. The lowest BCUT2D eigenvalue weighted by atomic mass is 9.87. The van der Waals surface area contributed by atoms with E-state index in [0.717, 1.165) is 39.1 Å². The Kier molecular flexibility index (Phi) is 5.19. The fourth-order valence-electron chi connectivity index (χ4n) is 2.79. The first-order valence-electron chi connectivity index (χ1n) is 7.70. The second kappa shape index (κ2) is 6.70. The Balaban J connectivity index is 1.99. The Morgan fingerprint density at radius 3 is 2.25 bits per heavy atom. The highest BCUT2D eigenvalue weighted by Crippen LogP contribution is 2.22. The first-order chi connectivity index (χ1) is 9.54. The van der Waals surface area contributed by atoms with Gasteiger partial charge in [-0.2, -0.15) is 0 Å². The highest BCUT2D eigenvalue weighted by Gasteiger charge is 2.33. The molecule has 2 N–H and O–H groups in total. The number of hydrogen-bond donors (Lipinski definition) is 1. The van der Waals surface area contributed by atoms with Gasteiger partial charge in [0.2, 0.25) is 0 Å². The minimum atomic E-state index is 0.00715. The van der Waals surface area contributed by atoms with Crippen molar-refractivity contribution in [3.8, 4) is 0 Å². The maximum Gasteiger partial charge on any atom is 0.0594 e. The molecular formula is C17H28N2O. The van der Waals surface area contributed by atoms with Crippen molar-refractivity contribution in [3.63, 3.8) is 0 Å². The van der Waals surface area contributed by atoms with Gasteiger partial charge in [-0.3, -0.25) is 4.90 Å². The molecule has 0 saturated carbocycles. The van der Waals surface area contributed by atoms with E-state index in [1.165, 1.54) is 11.1 Å². The van der Waals surface area contributed by atoms with Crippen LogP contribution in [-0.4, -0.2) is 42.8 Å². The molecule has 0 bridgehead atoms. The van der Waals surface area contributed by atoms with Gasteiger partial charge >= 0.3 is 0 Å². The standard InChI is InChI=1S/C17H28N2O/c1-4-14-5-7-15(8-6-14)13-16(18)17(2,3)19-9-11-20-12-10-19/h5-8,16H,4,9-13,18H2,1-3H3. The van der Waals surface area contributed by atoms with Gasteiger partial charge in [-0.25, -0.2) is 0 Å². The number of nitrogens with zero attached hydrogens (tertiary/aromatic N) is 1. The molecule has 2 rings (SSSR count). The average Bonchev–Trinajstić information content (AvgIpc) is 2.49. The molecule has 0 aromatic heterocycles. The van der Waals surface area contributed by atoms with Crippen LogP contribution in [0.3, 0.4) is 0 Å². The molecule has 1 aliphatic rings. The van der Waals surface area contributed by atoms with Crippen LogP contribution in [0.4, 0.5) is 0 Å². The molecule has 0 radical (unpaired) electrons. The van der Waals surface area contributed by atoms with Crippen molar-refractivity contribution in [2.45, 2.75) is 45.2 Å². The normalized spacial score (nSPS) is 19.0. The third-order valence-electron chi connectivity index (χ3n) is 4.62. The quantitative estimate of drug-likeness (QED) is 0.896. The Hall–Kier alpha value is -0.900. The summed E-state index contributed by atoms with van der Waals surface area (Å²) < 4.78 is 5.44. The van der Waals surface area contributed by atoms with Crippen LogP contribution >= 0.6 is 0 Å². The maximum atomic E-state index is 6.50. The summed E-state index contributed by atoms with van der Waals surface area (Å²) in [5.41, 5.74) is 9.22. The number of aryl methyl sites for hydroxylation is 1. The highest BCUT2D eigenvalue weighted by molar-refractivity contribution is 5.23. The molecule has 112 valence electrons. The van der Waals surface area contributed by atoms with Gasteiger partial charge in [0.15, 0.2) is 0 Å². The number of hydrogen-bond acceptors (Lipinski definition) is 3. The number of benzene rings is 1. The molecule has 1 heterocycles. The SMILES string of the molecule is CCc1ccc(CC(N)C(C)(C)N2CCOCC2)cc1. The fourth-order valence-corrected chi connectivity index (χ4v) is 2.79. The van der Waals surface area contributed by atoms with E-state index < -0.39 is 0 Å². The second-order valence-corrected chi connectivity index (χ2v) is 6.23. The van der Waals surface area contributed by atoms with E-state index in [0.29, 0.717) is 0 Å². The zero-order valence-corrected chi connectivity index (χ0v) is 13.1. The minimum Gasteiger partial charge on any atom is -0.379 e. The Morgan fingerprint density at radius 2 is 1.70 bits per heavy atom. The number of morpholine rings is 1. The molecule has 1 atom stereocenters. The molecule has 1 aromatic rings. The Bertz CT molecular complexity index is 408. The average molecular weight is 276 g/mol. The molecule has 1 aliphatic heterocycles. The van der Waals surface area contributed by atoms with Crippen molar-refractivity contribution >= 4 is 0 Å². The first-order valence-corrected chi connectivity index (χ1v) is 7.70. The summed E-state index contributed by atoms with van der Waals surface area (Å²) >= 11 is 0. The van der Waals surface area contributed by atoms with E-state index in [9.17, 15) is 0 Å². The summed E-state index contributed by atoms with van der Waals surface area (Å²) in [5, 5.41) is 0. The summed E-state index contributed by atoms with van der Waals surface area (Å²) in [7, 11) is 0. The molecule has 1 saturated heterocycles. The maximum absolute atomic E-state index is 6.50. The molecule has 0 aliphatic carbocycles. The molecule has 3 heteroatoms. The Labute approximate surface area is 123 Å². The van der Waals surface area contributed by atoms with Gasteiger partial charge < -0.3 is 10.5 Å². The van der Waals surface area contributed by atoms with Gasteiger partial charge in [-0.1, -0.05) is 31.2 Å². The van der Waals surface area contributed by atoms with Gasteiger partial charge in [-0.15, -0.1) is 0 Å². The van der Waals surface area contributed by atoms with E-state index in [1.54, 1.807) is 0 Å². The number of ether oxygens (including phenoxy) is 1. The van der Waals surface area contributed by atoms with Gasteiger partial charge in [0.25, 0.3) is 0 Å².